The number of aliphatic carboxylic acids is 1. The maximum absolute atomic E-state index is 10.4. The largest absolute Gasteiger partial charge is 2.00 e. The van der Waals surface area contributed by atoms with Gasteiger partial charge < -0.3 is 19.8 Å². The van der Waals surface area contributed by atoms with Crippen molar-refractivity contribution in [3.05, 3.63) is 49.2 Å². The third-order valence-electron chi connectivity index (χ3n) is 5.39. The Morgan fingerprint density at radius 1 is 0.676 bits per heavy atom. The fourth-order valence-electron chi connectivity index (χ4n) is 3.08. The van der Waals surface area contributed by atoms with Gasteiger partial charge in [0.2, 0.25) is 0 Å². The number of unbranched alkanes of at least 4 members (excludes halogenated alkanes) is 12. The molecular weight excluding hydrogens is 567 g/mol. The average molecular weight is 624 g/mol. The Balaban J connectivity index is -0.000000227. The molecule has 0 saturated heterocycles. The number of carboxylic acids is 2. The summed E-state index contributed by atoms with van der Waals surface area (Å²) in [7, 11) is 0. The molecule has 37 heavy (non-hydrogen) atoms. The smallest absolute Gasteiger partial charge is 0.550 e. The minimum atomic E-state index is -1.10. The maximum atomic E-state index is 10.4. The SMILES string of the molecule is CCCCCCCCCCCCCC(=O)[O-].CCCc1cccc(C(=O)[O-])c1.[CH2]CCC.[CH2]CCC.[Sn+2]. The predicted molar refractivity (Wildman–Crippen MR) is 157 cm³/mol. The van der Waals surface area contributed by atoms with Gasteiger partial charge >= 0.3 is 23.9 Å². The number of hydrogen-bond acceptors (Lipinski definition) is 4. The van der Waals surface area contributed by atoms with Crippen LogP contribution in [-0.2, 0) is 11.2 Å². The first-order valence-corrected chi connectivity index (χ1v) is 14.4. The van der Waals surface area contributed by atoms with Gasteiger partial charge in [0.1, 0.15) is 0 Å². The van der Waals surface area contributed by atoms with Crippen LogP contribution in [0.1, 0.15) is 153 Å². The molecule has 0 aliphatic heterocycles. The summed E-state index contributed by atoms with van der Waals surface area (Å²) >= 11 is 0. The van der Waals surface area contributed by atoms with Crippen molar-refractivity contribution in [3.63, 3.8) is 0 Å². The quantitative estimate of drug-likeness (QED) is 0.135. The van der Waals surface area contributed by atoms with E-state index in [-0.39, 0.29) is 35.9 Å². The van der Waals surface area contributed by atoms with Gasteiger partial charge in [0, 0.05) is 5.97 Å². The van der Waals surface area contributed by atoms with E-state index in [0.717, 1.165) is 44.1 Å². The molecule has 5 heteroatoms. The molecule has 4 nitrogen and oxygen atoms in total. The van der Waals surface area contributed by atoms with Crippen molar-refractivity contribution < 1.29 is 19.8 Å². The molecule has 1 aromatic rings. The van der Waals surface area contributed by atoms with E-state index in [9.17, 15) is 19.8 Å². The van der Waals surface area contributed by atoms with Gasteiger partial charge in [0.05, 0.1) is 5.97 Å². The Kier molecular flexibility index (Phi) is 43.2. The zero-order chi connectivity index (χ0) is 27.9. The Bertz CT molecular complexity index is 582. The van der Waals surface area contributed by atoms with Crippen LogP contribution >= 0.6 is 0 Å². The van der Waals surface area contributed by atoms with Crippen LogP contribution in [0.25, 0.3) is 0 Å². The molecule has 0 saturated carbocycles. The summed E-state index contributed by atoms with van der Waals surface area (Å²) in [5, 5.41) is 20.6. The molecule has 212 valence electrons. The standard InChI is InChI=1S/C14H28O2.C10H12O2.2C4H9.Sn/c1-2-3-4-5-6-7-8-9-10-11-12-13-14(15)16;1-2-4-8-5-3-6-9(7-8)10(11)12;2*1-3-4-2;/h2-13H2,1H3,(H,15,16);3,5-7H,2,4H2,1H3,(H,11,12);2*1,3-4H2,2H3;/q;;;;+2/p-2. The molecule has 0 amide bonds. The number of carbonyl (C=O) groups excluding carboxylic acids is 2. The first kappa shape index (κ1) is 43.0. The van der Waals surface area contributed by atoms with Crippen LogP contribution < -0.4 is 10.2 Å². The monoisotopic (exact) mass is 624 g/mol. The van der Waals surface area contributed by atoms with Crippen LogP contribution in [-0.4, -0.2) is 35.8 Å². The van der Waals surface area contributed by atoms with E-state index in [1.54, 1.807) is 18.2 Å². The van der Waals surface area contributed by atoms with Gasteiger partial charge in [-0.15, -0.1) is 0 Å². The predicted octanol–water partition coefficient (Wildman–Crippen LogP) is 7.30. The molecule has 0 aliphatic carbocycles. The van der Waals surface area contributed by atoms with Crippen molar-refractivity contribution >= 4 is 35.8 Å². The molecule has 1 aromatic carbocycles. The van der Waals surface area contributed by atoms with Gasteiger partial charge in [-0.05, 0) is 36.5 Å². The van der Waals surface area contributed by atoms with Crippen molar-refractivity contribution in [2.75, 3.05) is 0 Å². The zero-order valence-corrected chi connectivity index (χ0v) is 27.4. The van der Waals surface area contributed by atoms with E-state index in [4.69, 9.17) is 0 Å². The molecule has 0 heterocycles. The fraction of sp³-hybridized carbons (Fsp3) is 0.688. The number of hydrogen-bond donors (Lipinski definition) is 0. The number of benzene rings is 1. The third kappa shape index (κ3) is 39.6. The second kappa shape index (κ2) is 37.1. The second-order valence-corrected chi connectivity index (χ2v) is 9.10. The number of aryl methyl sites for hydroxylation is 1. The van der Waals surface area contributed by atoms with Crippen LogP contribution in [0.3, 0.4) is 0 Å². The minimum Gasteiger partial charge on any atom is -0.550 e. The van der Waals surface area contributed by atoms with Crippen LogP contribution in [0, 0.1) is 13.8 Å². The third-order valence-corrected chi connectivity index (χ3v) is 5.39. The second-order valence-electron chi connectivity index (χ2n) is 9.10. The van der Waals surface area contributed by atoms with E-state index in [2.05, 4.69) is 41.5 Å². The molecule has 0 N–H and O–H groups in total. The van der Waals surface area contributed by atoms with Crippen molar-refractivity contribution in [2.45, 2.75) is 143 Å². The van der Waals surface area contributed by atoms with Crippen LogP contribution in [0.4, 0.5) is 0 Å². The number of carboxylic acid groups (broad SMARTS) is 2. The van der Waals surface area contributed by atoms with E-state index < -0.39 is 11.9 Å². The van der Waals surface area contributed by atoms with Crippen LogP contribution in [0.2, 0.25) is 0 Å². The number of rotatable bonds is 17. The Morgan fingerprint density at radius 3 is 1.46 bits per heavy atom. The Labute approximate surface area is 247 Å². The van der Waals surface area contributed by atoms with E-state index in [1.165, 1.54) is 70.6 Å². The first-order valence-electron chi connectivity index (χ1n) is 14.4. The fourth-order valence-corrected chi connectivity index (χ4v) is 3.08. The molecule has 4 radical (unpaired) electrons. The molecule has 0 unspecified atom stereocenters. The van der Waals surface area contributed by atoms with Crippen molar-refractivity contribution in [3.8, 4) is 0 Å². The van der Waals surface area contributed by atoms with E-state index >= 15 is 0 Å². The molecule has 0 aliphatic rings. The van der Waals surface area contributed by atoms with Gasteiger partial charge in [-0.1, -0.05) is 156 Å². The summed E-state index contributed by atoms with van der Waals surface area (Å²) in [6.45, 7) is 15.7. The molecule has 0 spiro atoms. The molecule has 0 atom stereocenters. The summed E-state index contributed by atoms with van der Waals surface area (Å²) in [6.07, 6.45) is 20.5. The van der Waals surface area contributed by atoms with E-state index in [0.29, 0.717) is 0 Å². The minimum absolute atomic E-state index is 0. The maximum Gasteiger partial charge on any atom is 2.00 e. The summed E-state index contributed by atoms with van der Waals surface area (Å²) in [6, 6.07) is 6.89. The first-order chi connectivity index (χ1) is 17.3. The zero-order valence-electron chi connectivity index (χ0n) is 24.6. The molecular formula is C32H56O4Sn. The Hall–Kier alpha value is -1.04. The van der Waals surface area contributed by atoms with Crippen molar-refractivity contribution in [1.29, 1.82) is 0 Å². The van der Waals surface area contributed by atoms with Crippen LogP contribution in [0.15, 0.2) is 24.3 Å². The van der Waals surface area contributed by atoms with E-state index in [1.807, 2.05) is 6.07 Å². The average Bonchev–Trinajstić information content (AvgIpc) is 2.88. The summed E-state index contributed by atoms with van der Waals surface area (Å²) < 4.78 is 0. The Morgan fingerprint density at radius 2 is 1.11 bits per heavy atom. The van der Waals surface area contributed by atoms with Crippen molar-refractivity contribution in [2.24, 2.45) is 0 Å². The molecule has 0 aromatic heterocycles. The number of carbonyl (C=O) groups is 2. The molecule has 1 rings (SSSR count). The number of aromatic carboxylic acids is 1. The van der Waals surface area contributed by atoms with Gasteiger partial charge in [0.25, 0.3) is 0 Å². The van der Waals surface area contributed by atoms with Gasteiger partial charge in [0.15, 0.2) is 0 Å². The summed E-state index contributed by atoms with van der Waals surface area (Å²) in [5.41, 5.74) is 1.32. The van der Waals surface area contributed by atoms with Crippen LogP contribution in [0.5, 0.6) is 0 Å². The normalized spacial score (nSPS) is 9.35. The van der Waals surface area contributed by atoms with Crippen molar-refractivity contribution in [1.82, 2.24) is 0 Å². The van der Waals surface area contributed by atoms with Gasteiger partial charge in [-0.25, -0.2) is 0 Å². The summed E-state index contributed by atoms with van der Waals surface area (Å²) in [4.78, 5) is 20.6. The van der Waals surface area contributed by atoms with Gasteiger partial charge in [-0.3, -0.25) is 0 Å². The molecule has 0 bridgehead atoms. The molecule has 0 fully saturated rings. The summed E-state index contributed by atoms with van der Waals surface area (Å²) in [5.74, 6) is -2.01. The topological polar surface area (TPSA) is 80.3 Å². The van der Waals surface area contributed by atoms with Gasteiger partial charge in [-0.2, -0.15) is 0 Å².